The number of hydrogen-bond donors (Lipinski definition) is 0. The van der Waals surface area contributed by atoms with Gasteiger partial charge >= 0.3 is 41.1 Å². The van der Waals surface area contributed by atoms with Gasteiger partial charge < -0.3 is 0 Å². The zero-order valence-electron chi connectivity index (χ0n) is 18.3. The summed E-state index contributed by atoms with van der Waals surface area (Å²) in [6.45, 7) is 5.55. The van der Waals surface area contributed by atoms with Crippen LogP contribution in [0.2, 0.25) is 0 Å². The van der Waals surface area contributed by atoms with E-state index < -0.39 is 38.7 Å². The number of carbonyl (C=O) groups is 2. The van der Waals surface area contributed by atoms with Gasteiger partial charge in [-0.3, -0.25) is 23.2 Å². The van der Waals surface area contributed by atoms with E-state index in [0.29, 0.717) is 23.1 Å². The van der Waals surface area contributed by atoms with Gasteiger partial charge in [0.1, 0.15) is 0 Å². The molecule has 35 heavy (non-hydrogen) atoms. The van der Waals surface area contributed by atoms with Crippen LogP contribution in [-0.2, 0) is 41.0 Å². The third kappa shape index (κ3) is 20.4. The first-order valence-corrected chi connectivity index (χ1v) is 14.0. The van der Waals surface area contributed by atoms with Crippen molar-refractivity contribution in [2.45, 2.75) is 23.9 Å². The van der Waals surface area contributed by atoms with Crippen molar-refractivity contribution in [1.82, 2.24) is 4.31 Å². The molecule has 0 radical (unpaired) electrons. The molecule has 0 spiro atoms. The molecule has 1 heterocycles. The molecule has 0 fully saturated rings. The first-order valence-electron chi connectivity index (χ1n) is 8.77. The topological polar surface area (TPSA) is 167 Å². The first-order chi connectivity index (χ1) is 15.7. The molecule has 0 unspecified atom stereocenters. The smallest absolute Gasteiger partial charge is 0.272 e. The fraction of sp³-hybridized carbons (Fsp3) is 0.467. The first kappa shape index (κ1) is 39.2. The molecule has 1 aliphatic heterocycles. The van der Waals surface area contributed by atoms with E-state index >= 15 is 0 Å². The second kappa shape index (κ2) is 21.7. The molecule has 0 atom stereocenters. The van der Waals surface area contributed by atoms with E-state index in [1.54, 1.807) is 45.0 Å². The molecular weight excluding hydrogens is 628 g/mol. The minimum absolute atomic E-state index is 0. The van der Waals surface area contributed by atoms with Crippen molar-refractivity contribution in [1.29, 1.82) is 0 Å². The molecule has 12 nitrogen and oxygen atoms in total. The van der Waals surface area contributed by atoms with Gasteiger partial charge in [-0.25, -0.2) is 31.7 Å². The molecular formula is C15H19AlCl3NO11P3S+3. The normalized spacial score (nSPS) is 11.3. The van der Waals surface area contributed by atoms with Crippen LogP contribution in [0.25, 0.3) is 0 Å². The molecule has 1 aliphatic rings. The average Bonchev–Trinajstić information content (AvgIpc) is 2.93. The summed E-state index contributed by atoms with van der Waals surface area (Å²) in [4.78, 5) is 23.6. The number of fused-ring (bicyclic) bond motifs is 1. The van der Waals surface area contributed by atoms with E-state index in [2.05, 4.69) is 13.6 Å². The SMILES string of the molecule is CCOP(=O)=O.CCOP(=O)=O.CCOP(=O)=O.O=C1c2ccccc2C(=O)N1SC(Cl)(Cl)Cl.[Al+3]. The van der Waals surface area contributed by atoms with Crippen molar-refractivity contribution in [3.05, 3.63) is 35.4 Å². The predicted octanol–water partition coefficient (Wildman–Crippen LogP) is 6.21. The maximum atomic E-state index is 11.8. The molecule has 0 aromatic heterocycles. The molecule has 0 aliphatic carbocycles. The summed E-state index contributed by atoms with van der Waals surface area (Å²) in [5.74, 6) is -0.922. The van der Waals surface area contributed by atoms with Gasteiger partial charge in [-0.05, 0) is 32.9 Å². The molecule has 1 aromatic rings. The average molecular weight is 648 g/mol. The van der Waals surface area contributed by atoms with E-state index in [4.69, 9.17) is 34.8 Å². The summed E-state index contributed by atoms with van der Waals surface area (Å²) in [5.41, 5.74) is 0.656. The number of nitrogens with zero attached hydrogens (tertiary/aromatic N) is 1. The Kier molecular flexibility index (Phi) is 24.4. The van der Waals surface area contributed by atoms with Crippen LogP contribution in [0.3, 0.4) is 0 Å². The maximum absolute atomic E-state index is 11.8. The summed E-state index contributed by atoms with van der Waals surface area (Å²) in [7, 11) is -7.80. The van der Waals surface area contributed by atoms with Gasteiger partial charge in [-0.15, -0.1) is 0 Å². The third-order valence-electron chi connectivity index (χ3n) is 2.66. The molecule has 2 amide bonds. The maximum Gasteiger partial charge on any atom is 3.00 e. The second-order valence-corrected chi connectivity index (χ2v) is 11.1. The Hall–Kier alpha value is -0.308. The molecule has 0 saturated heterocycles. The number of benzene rings is 1. The predicted molar refractivity (Wildman–Crippen MR) is 130 cm³/mol. The number of rotatable bonds is 7. The van der Waals surface area contributed by atoms with Crippen molar-refractivity contribution < 1.29 is 50.6 Å². The van der Waals surface area contributed by atoms with E-state index in [1.165, 1.54) is 0 Å². The molecule has 1 aromatic carbocycles. The van der Waals surface area contributed by atoms with Gasteiger partial charge in [-0.1, -0.05) is 46.9 Å². The molecule has 0 N–H and O–H groups in total. The van der Waals surface area contributed by atoms with E-state index in [1.807, 2.05) is 0 Å². The molecule has 0 saturated carbocycles. The van der Waals surface area contributed by atoms with Gasteiger partial charge in [-0.2, -0.15) is 0 Å². The van der Waals surface area contributed by atoms with E-state index in [0.717, 1.165) is 4.31 Å². The van der Waals surface area contributed by atoms with Crippen molar-refractivity contribution >= 4 is 99.6 Å². The van der Waals surface area contributed by atoms with Crippen LogP contribution >= 0.6 is 70.5 Å². The molecule has 192 valence electrons. The van der Waals surface area contributed by atoms with Crippen LogP contribution < -0.4 is 0 Å². The minimum atomic E-state index is -2.60. The number of amides is 2. The zero-order valence-corrected chi connectivity index (χ0v) is 25.3. The third-order valence-corrected chi connectivity index (χ3v) is 5.40. The van der Waals surface area contributed by atoms with Gasteiger partial charge in [0.15, 0.2) is 0 Å². The fourth-order valence-electron chi connectivity index (χ4n) is 1.67. The van der Waals surface area contributed by atoms with Crippen molar-refractivity contribution in [3.8, 4) is 0 Å². The second-order valence-electron chi connectivity index (χ2n) is 4.91. The van der Waals surface area contributed by atoms with Crippen LogP contribution in [0.4, 0.5) is 0 Å². The Morgan fingerprint density at radius 2 is 1.03 bits per heavy atom. The van der Waals surface area contributed by atoms with Crippen LogP contribution in [0.15, 0.2) is 24.3 Å². The van der Waals surface area contributed by atoms with E-state index in [9.17, 15) is 37.0 Å². The van der Waals surface area contributed by atoms with Crippen LogP contribution in [0, 0.1) is 0 Å². The van der Waals surface area contributed by atoms with Crippen LogP contribution in [0.5, 0.6) is 0 Å². The van der Waals surface area contributed by atoms with Crippen LogP contribution in [-0.4, -0.2) is 56.4 Å². The summed E-state index contributed by atoms with van der Waals surface area (Å²) in [5, 5.41) is 0. The van der Waals surface area contributed by atoms with Gasteiger partial charge in [0, 0.05) is 11.9 Å². The summed E-state index contributed by atoms with van der Waals surface area (Å²) in [6.07, 6.45) is 0. The largest absolute Gasteiger partial charge is 3.00 e. The molecule has 20 heteroatoms. The summed E-state index contributed by atoms with van der Waals surface area (Å²) >= 11 is 17.2. The Balaban J connectivity index is -0.000000452. The standard InChI is InChI=1S/C9H4Cl3NO2S.3C2H5O3P.Al/c10-9(11,12)16-13-7(14)5-3-1-2-4-6(5)8(13)15;3*1-2-5-6(3)4;/h1-4H;3*2H2,1H3;/q;;;;+3. The molecule has 0 bridgehead atoms. The minimum Gasteiger partial charge on any atom is -0.272 e. The zero-order chi connectivity index (χ0) is 26.9. The number of halogens is 3. The quantitative estimate of drug-likeness (QED) is 0.108. The van der Waals surface area contributed by atoms with Gasteiger partial charge in [0.2, 0.25) is 0 Å². The molecule has 2 rings (SSSR count). The Bertz CT molecular complexity index is 901. The Morgan fingerprint density at radius 3 is 1.20 bits per heavy atom. The van der Waals surface area contributed by atoms with Crippen molar-refractivity contribution in [2.24, 2.45) is 0 Å². The van der Waals surface area contributed by atoms with Crippen molar-refractivity contribution in [2.75, 3.05) is 19.8 Å². The van der Waals surface area contributed by atoms with E-state index in [-0.39, 0.29) is 37.2 Å². The number of carbonyl (C=O) groups excluding carboxylic acids is 2. The summed E-state index contributed by atoms with van der Waals surface area (Å²) in [6, 6.07) is 6.48. The van der Waals surface area contributed by atoms with Gasteiger partial charge in [0.25, 0.3) is 14.9 Å². The summed E-state index contributed by atoms with van der Waals surface area (Å²) < 4.78 is 67.6. The number of alkyl halides is 3. The van der Waals surface area contributed by atoms with Crippen molar-refractivity contribution in [3.63, 3.8) is 0 Å². The monoisotopic (exact) mass is 646 g/mol. The van der Waals surface area contributed by atoms with Crippen LogP contribution in [0.1, 0.15) is 41.5 Å². The number of imide groups is 1. The Morgan fingerprint density at radius 1 is 0.743 bits per heavy atom. The Labute approximate surface area is 232 Å². The fourth-order valence-corrected chi connectivity index (χ4v) is 3.49. The number of hydrogen-bond acceptors (Lipinski definition) is 12. The van der Waals surface area contributed by atoms with Gasteiger partial charge in [0.05, 0.1) is 30.9 Å².